The number of nitrogens with zero attached hydrogens (tertiary/aromatic N) is 2. The molecule has 2 nitrogen and oxygen atoms in total. The van der Waals surface area contributed by atoms with Crippen molar-refractivity contribution in [2.24, 2.45) is 4.99 Å². The highest BCUT2D eigenvalue weighted by atomic mass is 32.1. The Kier molecular flexibility index (Phi) is 5.15. The molecule has 3 heterocycles. The van der Waals surface area contributed by atoms with Crippen LogP contribution in [-0.4, -0.2) is 10.3 Å². The zero-order chi connectivity index (χ0) is 28.7. The summed E-state index contributed by atoms with van der Waals surface area (Å²) >= 11 is 1.88. The second-order valence-corrected chi connectivity index (χ2v) is 13.0. The summed E-state index contributed by atoms with van der Waals surface area (Å²) in [4.78, 5) is 5.37. The van der Waals surface area contributed by atoms with Crippen molar-refractivity contribution in [3.8, 4) is 16.8 Å². The van der Waals surface area contributed by atoms with Gasteiger partial charge in [0, 0.05) is 42.0 Å². The summed E-state index contributed by atoms with van der Waals surface area (Å²) in [6.07, 6.45) is 0. The highest BCUT2D eigenvalue weighted by Crippen LogP contribution is 2.49. The SMILES string of the molecule is CC1(C)C(c2ccccc2)=Nc2c1ccc1c2c2ccccc2n1-c1ccc(-c2cccc3c2sc2ccccc23)cc1. The Morgan fingerprint density at radius 2 is 1.30 bits per heavy atom. The first-order valence-corrected chi connectivity index (χ1v) is 15.6. The smallest absolute Gasteiger partial charge is 0.0775 e. The number of fused-ring (bicyclic) bond motifs is 8. The Balaban J connectivity index is 1.23. The lowest BCUT2D eigenvalue weighted by Crippen LogP contribution is -2.26. The summed E-state index contributed by atoms with van der Waals surface area (Å²) in [7, 11) is 0. The van der Waals surface area contributed by atoms with Crippen molar-refractivity contribution in [1.82, 2.24) is 4.57 Å². The molecule has 0 saturated carbocycles. The number of hydrogen-bond acceptors (Lipinski definition) is 2. The lowest BCUT2D eigenvalue weighted by atomic mass is 9.78. The third kappa shape index (κ3) is 3.49. The van der Waals surface area contributed by atoms with Crippen LogP contribution in [-0.2, 0) is 5.41 Å². The first-order chi connectivity index (χ1) is 21.1. The van der Waals surface area contributed by atoms with Gasteiger partial charge in [-0.05, 0) is 52.6 Å². The molecule has 2 aromatic heterocycles. The maximum atomic E-state index is 5.37. The Morgan fingerprint density at radius 1 is 0.581 bits per heavy atom. The maximum absolute atomic E-state index is 5.37. The minimum absolute atomic E-state index is 0.177. The second kappa shape index (κ2) is 9.00. The lowest BCUT2D eigenvalue weighted by molar-refractivity contribution is 0.738. The molecule has 0 saturated heterocycles. The minimum Gasteiger partial charge on any atom is -0.309 e. The first-order valence-electron chi connectivity index (χ1n) is 14.8. The van der Waals surface area contributed by atoms with Crippen LogP contribution in [0.3, 0.4) is 0 Å². The largest absolute Gasteiger partial charge is 0.309 e. The third-order valence-corrected chi connectivity index (χ3v) is 10.4. The Morgan fingerprint density at radius 3 is 2.14 bits per heavy atom. The molecule has 0 radical (unpaired) electrons. The van der Waals surface area contributed by atoms with E-state index in [4.69, 9.17) is 4.99 Å². The Bertz CT molecular complexity index is 2400. The number of benzene rings is 6. The van der Waals surface area contributed by atoms with E-state index >= 15 is 0 Å². The van der Waals surface area contributed by atoms with E-state index in [1.165, 1.54) is 64.2 Å². The van der Waals surface area contributed by atoms with Gasteiger partial charge in [-0.1, -0.05) is 117 Å². The maximum Gasteiger partial charge on any atom is 0.0775 e. The molecule has 8 aromatic rings. The predicted octanol–water partition coefficient (Wildman–Crippen LogP) is 11.2. The normalized spacial score (nSPS) is 14.1. The molecule has 0 spiro atoms. The number of hydrogen-bond donors (Lipinski definition) is 0. The summed E-state index contributed by atoms with van der Waals surface area (Å²) < 4.78 is 5.08. The standard InChI is InChI=1S/C40H28N2S/c1-40(2)32-23-24-34-36(37(32)41-39(40)26-11-4-3-5-12-26)31-14-6-8-17-33(31)42(34)27-21-19-25(20-22-27)28-15-10-16-30-29-13-7-9-18-35(29)43-38(28)30/h3-24H,1-2H3. The number of aromatic nitrogens is 1. The van der Waals surface area contributed by atoms with E-state index in [9.17, 15) is 0 Å². The van der Waals surface area contributed by atoms with E-state index in [1.54, 1.807) is 0 Å². The molecule has 204 valence electrons. The number of aliphatic imine (C=N–C) groups is 1. The summed E-state index contributed by atoms with van der Waals surface area (Å²) in [5.41, 5.74) is 10.6. The number of rotatable bonds is 3. The van der Waals surface area contributed by atoms with Crippen LogP contribution in [0.2, 0.25) is 0 Å². The Labute approximate surface area is 254 Å². The van der Waals surface area contributed by atoms with Gasteiger partial charge in [0.2, 0.25) is 0 Å². The zero-order valence-electron chi connectivity index (χ0n) is 24.0. The first kappa shape index (κ1) is 24.6. The molecule has 6 aromatic carbocycles. The Hall–Kier alpha value is -4.99. The molecule has 1 aliphatic heterocycles. The molecular formula is C40H28N2S. The predicted molar refractivity (Wildman–Crippen MR) is 185 cm³/mol. The highest BCUT2D eigenvalue weighted by molar-refractivity contribution is 7.26. The van der Waals surface area contributed by atoms with E-state index < -0.39 is 0 Å². The van der Waals surface area contributed by atoms with Gasteiger partial charge in [-0.3, -0.25) is 4.99 Å². The fourth-order valence-corrected chi connectivity index (χ4v) is 8.34. The van der Waals surface area contributed by atoms with Crippen LogP contribution in [0.4, 0.5) is 5.69 Å². The van der Waals surface area contributed by atoms with Crippen LogP contribution in [0.25, 0.3) is 58.8 Å². The zero-order valence-corrected chi connectivity index (χ0v) is 24.8. The molecule has 3 heteroatoms. The topological polar surface area (TPSA) is 17.3 Å². The monoisotopic (exact) mass is 568 g/mol. The van der Waals surface area contributed by atoms with Crippen molar-refractivity contribution < 1.29 is 0 Å². The lowest BCUT2D eigenvalue weighted by Gasteiger charge is -2.22. The van der Waals surface area contributed by atoms with Gasteiger partial charge in [0.15, 0.2) is 0 Å². The average molecular weight is 569 g/mol. The van der Waals surface area contributed by atoms with Crippen LogP contribution < -0.4 is 0 Å². The molecule has 43 heavy (non-hydrogen) atoms. The number of thiophene rings is 1. The van der Waals surface area contributed by atoms with Gasteiger partial charge in [-0.25, -0.2) is 0 Å². The van der Waals surface area contributed by atoms with Crippen molar-refractivity contribution in [3.63, 3.8) is 0 Å². The van der Waals surface area contributed by atoms with Crippen LogP contribution in [0.15, 0.2) is 138 Å². The van der Waals surface area contributed by atoms with Crippen molar-refractivity contribution in [2.75, 3.05) is 0 Å². The van der Waals surface area contributed by atoms with Gasteiger partial charge in [-0.2, -0.15) is 0 Å². The summed E-state index contributed by atoms with van der Waals surface area (Å²) in [5.74, 6) is 0. The summed E-state index contributed by atoms with van der Waals surface area (Å²) in [6, 6.07) is 48.4. The van der Waals surface area contributed by atoms with Crippen LogP contribution in [0.1, 0.15) is 25.0 Å². The molecule has 9 rings (SSSR count). The van der Waals surface area contributed by atoms with Gasteiger partial charge >= 0.3 is 0 Å². The molecule has 0 N–H and O–H groups in total. The van der Waals surface area contributed by atoms with Gasteiger partial charge in [0.25, 0.3) is 0 Å². The van der Waals surface area contributed by atoms with Gasteiger partial charge < -0.3 is 4.57 Å². The van der Waals surface area contributed by atoms with Crippen LogP contribution >= 0.6 is 11.3 Å². The van der Waals surface area contributed by atoms with Gasteiger partial charge in [0.05, 0.1) is 22.4 Å². The highest BCUT2D eigenvalue weighted by Gasteiger charge is 2.37. The fraction of sp³-hybridized carbons (Fsp3) is 0.0750. The average Bonchev–Trinajstić information content (AvgIpc) is 3.68. The van der Waals surface area contributed by atoms with E-state index in [0.717, 1.165) is 17.1 Å². The molecule has 0 unspecified atom stereocenters. The van der Waals surface area contributed by atoms with Crippen LogP contribution in [0.5, 0.6) is 0 Å². The van der Waals surface area contributed by atoms with Crippen molar-refractivity contribution in [1.29, 1.82) is 0 Å². The van der Waals surface area contributed by atoms with Crippen LogP contribution in [0, 0.1) is 0 Å². The fourth-order valence-electron chi connectivity index (χ4n) is 7.11. The molecule has 0 aliphatic carbocycles. The molecule has 0 bridgehead atoms. The second-order valence-electron chi connectivity index (χ2n) is 12.0. The molecular weight excluding hydrogens is 541 g/mol. The quantitative estimate of drug-likeness (QED) is 0.202. The van der Waals surface area contributed by atoms with Gasteiger partial charge in [-0.15, -0.1) is 11.3 Å². The van der Waals surface area contributed by atoms with E-state index in [1.807, 2.05) is 11.3 Å². The molecule has 1 aliphatic rings. The van der Waals surface area contributed by atoms with E-state index in [2.05, 4.69) is 152 Å². The van der Waals surface area contributed by atoms with Gasteiger partial charge in [0.1, 0.15) is 0 Å². The third-order valence-electron chi connectivity index (χ3n) is 9.19. The summed E-state index contributed by atoms with van der Waals surface area (Å²) in [6.45, 7) is 4.59. The van der Waals surface area contributed by atoms with E-state index in [0.29, 0.717) is 0 Å². The molecule has 0 fully saturated rings. The van der Waals surface area contributed by atoms with Crippen molar-refractivity contribution in [3.05, 3.63) is 145 Å². The molecule has 0 amide bonds. The summed E-state index contributed by atoms with van der Waals surface area (Å²) in [5, 5.41) is 5.13. The number of para-hydroxylation sites is 1. The molecule has 0 atom stereocenters. The minimum atomic E-state index is -0.177. The van der Waals surface area contributed by atoms with Crippen molar-refractivity contribution >= 4 is 64.7 Å². The van der Waals surface area contributed by atoms with Crippen molar-refractivity contribution in [2.45, 2.75) is 19.3 Å². The van der Waals surface area contributed by atoms with E-state index in [-0.39, 0.29) is 5.41 Å².